The number of carbonyl (C=O) groups is 2. The van der Waals surface area contributed by atoms with Gasteiger partial charge >= 0.3 is 0 Å². The molecule has 1 N–H and O–H groups in total. The molecule has 0 atom stereocenters. The van der Waals surface area contributed by atoms with Crippen LogP contribution in [0.3, 0.4) is 0 Å². The molecule has 0 bridgehead atoms. The van der Waals surface area contributed by atoms with Crippen molar-refractivity contribution in [3.8, 4) is 5.75 Å². The van der Waals surface area contributed by atoms with Gasteiger partial charge in [0.15, 0.2) is 0 Å². The molecule has 1 spiro atoms. The summed E-state index contributed by atoms with van der Waals surface area (Å²) in [5.74, 6) is -0.125. The van der Waals surface area contributed by atoms with E-state index in [0.717, 1.165) is 0 Å². The van der Waals surface area contributed by atoms with Crippen LogP contribution in [0, 0.1) is 5.82 Å². The predicted molar refractivity (Wildman–Crippen MR) is 103 cm³/mol. The van der Waals surface area contributed by atoms with E-state index in [1.165, 1.54) is 18.4 Å². The minimum atomic E-state index is -0.541. The predicted octanol–water partition coefficient (Wildman–Crippen LogP) is 3.37. The van der Waals surface area contributed by atoms with E-state index in [1.54, 1.807) is 23.1 Å². The molecule has 0 saturated carbocycles. The van der Waals surface area contributed by atoms with Crippen molar-refractivity contribution >= 4 is 22.8 Å². The van der Waals surface area contributed by atoms with Crippen molar-refractivity contribution in [2.24, 2.45) is 0 Å². The minimum Gasteiger partial charge on any atom is -0.484 e. The van der Waals surface area contributed by atoms with Crippen molar-refractivity contribution < 1.29 is 23.1 Å². The molecule has 2 aliphatic heterocycles. The fraction of sp³-hybridized carbons (Fsp3) is 0.273. The number of furan rings is 1. The number of amides is 2. The van der Waals surface area contributed by atoms with Crippen molar-refractivity contribution in [2.45, 2.75) is 18.4 Å². The number of ether oxygens (including phenoxy) is 1. The number of likely N-dealkylation sites (tertiary alicyclic amines) is 1. The zero-order valence-electron chi connectivity index (χ0n) is 15.6. The maximum atomic E-state index is 13.4. The van der Waals surface area contributed by atoms with Crippen LogP contribution in [0.2, 0.25) is 0 Å². The molecule has 1 saturated heterocycles. The molecular formula is C22H19FN2O4. The zero-order valence-corrected chi connectivity index (χ0v) is 15.6. The standard InChI is InChI=1S/C22H19FN2O4/c23-14-5-6-15-17(12-28-19(15)11-14)21(27)25-9-7-22(8-10-25)13-24-20(26)16-3-1-2-4-18(16)29-22/h1-6,11-12H,7-10,13H2,(H,24,26). The molecule has 5 rings (SSSR count). The number of fused-ring (bicyclic) bond motifs is 2. The van der Waals surface area contributed by atoms with E-state index in [1.807, 2.05) is 12.1 Å². The number of carbonyl (C=O) groups excluding carboxylic acids is 2. The van der Waals surface area contributed by atoms with Crippen LogP contribution in [0.4, 0.5) is 4.39 Å². The van der Waals surface area contributed by atoms with Gasteiger partial charge in [-0.15, -0.1) is 0 Å². The first-order chi connectivity index (χ1) is 14.0. The Balaban J connectivity index is 1.35. The van der Waals surface area contributed by atoms with Crippen LogP contribution in [0.1, 0.15) is 33.6 Å². The molecule has 0 radical (unpaired) electrons. The molecule has 1 fully saturated rings. The average molecular weight is 394 g/mol. The van der Waals surface area contributed by atoms with Crippen molar-refractivity contribution in [1.82, 2.24) is 10.2 Å². The Morgan fingerprint density at radius 1 is 1.14 bits per heavy atom. The first kappa shape index (κ1) is 17.7. The molecule has 1 aromatic heterocycles. The molecule has 0 unspecified atom stereocenters. The SMILES string of the molecule is O=C1NCC2(CCN(C(=O)c3coc4cc(F)ccc34)CC2)Oc2ccccc21. The summed E-state index contributed by atoms with van der Waals surface area (Å²) < 4.78 is 25.0. The second-order valence-electron chi connectivity index (χ2n) is 7.55. The third kappa shape index (κ3) is 3.03. The molecule has 6 nitrogen and oxygen atoms in total. The number of benzene rings is 2. The number of rotatable bonds is 1. The lowest BCUT2D eigenvalue weighted by Gasteiger charge is -2.41. The molecule has 7 heteroatoms. The highest BCUT2D eigenvalue weighted by molar-refractivity contribution is 6.06. The van der Waals surface area contributed by atoms with Crippen LogP contribution < -0.4 is 10.1 Å². The van der Waals surface area contributed by atoms with Crippen LogP contribution in [0.25, 0.3) is 11.0 Å². The summed E-state index contributed by atoms with van der Waals surface area (Å²) in [5.41, 5.74) is 0.769. The van der Waals surface area contributed by atoms with E-state index in [0.29, 0.717) is 60.3 Å². The van der Waals surface area contributed by atoms with E-state index >= 15 is 0 Å². The van der Waals surface area contributed by atoms with Crippen molar-refractivity contribution in [1.29, 1.82) is 0 Å². The van der Waals surface area contributed by atoms with Crippen LogP contribution in [-0.4, -0.2) is 41.9 Å². The van der Waals surface area contributed by atoms with Crippen molar-refractivity contribution in [2.75, 3.05) is 19.6 Å². The Hall–Kier alpha value is -3.35. The van der Waals surface area contributed by atoms with Crippen LogP contribution in [0.15, 0.2) is 53.1 Å². The van der Waals surface area contributed by atoms with Gasteiger partial charge in [0.2, 0.25) is 0 Å². The number of halogens is 1. The van der Waals surface area contributed by atoms with Gasteiger partial charge in [-0.1, -0.05) is 12.1 Å². The van der Waals surface area contributed by atoms with Gasteiger partial charge in [-0.3, -0.25) is 9.59 Å². The van der Waals surface area contributed by atoms with Gasteiger partial charge in [0.1, 0.15) is 29.0 Å². The minimum absolute atomic E-state index is 0.145. The smallest absolute Gasteiger partial charge is 0.257 e. The monoisotopic (exact) mass is 394 g/mol. The van der Waals surface area contributed by atoms with E-state index in [9.17, 15) is 14.0 Å². The summed E-state index contributed by atoms with van der Waals surface area (Å²) in [6.07, 6.45) is 2.57. The Morgan fingerprint density at radius 2 is 1.93 bits per heavy atom. The van der Waals surface area contributed by atoms with Gasteiger partial charge < -0.3 is 19.4 Å². The molecule has 0 aliphatic carbocycles. The molecule has 2 aliphatic rings. The largest absolute Gasteiger partial charge is 0.484 e. The second kappa shape index (κ2) is 6.62. The Morgan fingerprint density at radius 3 is 2.76 bits per heavy atom. The number of nitrogens with zero attached hydrogens (tertiary/aromatic N) is 1. The summed E-state index contributed by atoms with van der Waals surface area (Å²) in [6.45, 7) is 1.38. The molecule has 29 heavy (non-hydrogen) atoms. The lowest BCUT2D eigenvalue weighted by atomic mass is 9.90. The Kier molecular flexibility index (Phi) is 4.04. The van der Waals surface area contributed by atoms with Crippen molar-refractivity contribution in [3.05, 3.63) is 65.7 Å². The third-order valence-corrected chi connectivity index (χ3v) is 5.76. The third-order valence-electron chi connectivity index (χ3n) is 5.76. The first-order valence-electron chi connectivity index (χ1n) is 9.57. The van der Waals surface area contributed by atoms with Gasteiger partial charge in [-0.2, -0.15) is 0 Å². The van der Waals surface area contributed by atoms with E-state index in [4.69, 9.17) is 9.15 Å². The zero-order chi connectivity index (χ0) is 20.0. The number of para-hydroxylation sites is 1. The maximum absolute atomic E-state index is 13.4. The van der Waals surface area contributed by atoms with Crippen LogP contribution in [-0.2, 0) is 0 Å². The number of hydrogen-bond acceptors (Lipinski definition) is 4. The average Bonchev–Trinajstić information content (AvgIpc) is 3.09. The van der Waals surface area contributed by atoms with Crippen LogP contribution in [0.5, 0.6) is 5.75 Å². The Bertz CT molecular complexity index is 1110. The fourth-order valence-corrected chi connectivity index (χ4v) is 4.08. The molecule has 3 heterocycles. The highest BCUT2D eigenvalue weighted by atomic mass is 19.1. The normalized spacial score (nSPS) is 18.1. The highest BCUT2D eigenvalue weighted by Gasteiger charge is 2.41. The lowest BCUT2D eigenvalue weighted by molar-refractivity contribution is 0.00775. The van der Waals surface area contributed by atoms with E-state index in [2.05, 4.69) is 5.32 Å². The molecular weight excluding hydrogens is 375 g/mol. The van der Waals surface area contributed by atoms with Gasteiger partial charge in [-0.25, -0.2) is 4.39 Å². The van der Waals surface area contributed by atoms with Gasteiger partial charge in [0, 0.05) is 37.4 Å². The Labute approximate surface area is 166 Å². The highest BCUT2D eigenvalue weighted by Crippen LogP contribution is 2.33. The number of hydrogen-bond donors (Lipinski definition) is 1. The van der Waals surface area contributed by atoms with Gasteiger partial charge in [0.05, 0.1) is 17.7 Å². The molecule has 2 aromatic carbocycles. The molecule has 148 valence electrons. The first-order valence-corrected chi connectivity index (χ1v) is 9.57. The second-order valence-corrected chi connectivity index (χ2v) is 7.55. The number of nitrogens with one attached hydrogen (secondary N) is 1. The number of piperidine rings is 1. The summed E-state index contributed by atoms with van der Waals surface area (Å²) in [6, 6.07) is 11.4. The summed E-state index contributed by atoms with van der Waals surface area (Å²) in [4.78, 5) is 27.1. The van der Waals surface area contributed by atoms with E-state index in [-0.39, 0.29) is 11.8 Å². The molecule has 2 amide bonds. The van der Waals surface area contributed by atoms with Crippen LogP contribution >= 0.6 is 0 Å². The summed E-state index contributed by atoms with van der Waals surface area (Å²) >= 11 is 0. The van der Waals surface area contributed by atoms with Crippen molar-refractivity contribution in [3.63, 3.8) is 0 Å². The van der Waals surface area contributed by atoms with E-state index < -0.39 is 11.4 Å². The summed E-state index contributed by atoms with van der Waals surface area (Å²) in [5, 5.41) is 3.54. The lowest BCUT2D eigenvalue weighted by Crippen LogP contribution is -2.54. The quantitative estimate of drug-likeness (QED) is 0.687. The fourth-order valence-electron chi connectivity index (χ4n) is 4.08. The maximum Gasteiger partial charge on any atom is 0.257 e. The summed E-state index contributed by atoms with van der Waals surface area (Å²) in [7, 11) is 0. The molecule has 3 aromatic rings. The van der Waals surface area contributed by atoms with Gasteiger partial charge in [0.25, 0.3) is 11.8 Å². The van der Waals surface area contributed by atoms with Gasteiger partial charge in [-0.05, 0) is 24.3 Å². The topological polar surface area (TPSA) is 71.8 Å².